The molecule has 0 aliphatic carbocycles. The maximum atomic E-state index is 6.12. The maximum Gasteiger partial charge on any atom is 0.224 e. The van der Waals surface area contributed by atoms with Crippen molar-refractivity contribution in [1.29, 1.82) is 0 Å². The van der Waals surface area contributed by atoms with Crippen LogP contribution in [0.3, 0.4) is 0 Å². The normalized spacial score (nSPS) is 16.5. The minimum absolute atomic E-state index is 0.0900. The summed E-state index contributed by atoms with van der Waals surface area (Å²) in [5, 5.41) is 0. The summed E-state index contributed by atoms with van der Waals surface area (Å²) in [5.74, 6) is 2.58. The van der Waals surface area contributed by atoms with Crippen LogP contribution in [0.5, 0.6) is 17.2 Å². The molecule has 0 saturated carbocycles. The van der Waals surface area contributed by atoms with Crippen LogP contribution in [-0.2, 0) is 4.74 Å². The number of benzene rings is 2. The summed E-state index contributed by atoms with van der Waals surface area (Å²) in [6.07, 6.45) is -0.0900. The van der Waals surface area contributed by atoms with Crippen molar-refractivity contribution in [3.05, 3.63) is 44.1 Å². The summed E-state index contributed by atoms with van der Waals surface area (Å²) in [5.41, 5.74) is 1.23. The number of aryl methyl sites for hydroxylation is 1. The van der Waals surface area contributed by atoms with E-state index in [4.69, 9.17) is 14.2 Å². The van der Waals surface area contributed by atoms with Gasteiger partial charge in [-0.3, -0.25) is 0 Å². The standard InChI is InChI=1S/C15H10I4O3/c1-7-2-9(16)14(10(17)3-7)21-8-4-11(18)15(12(19)5-8)22-13-6-20-13/h2-5,13H,6H2,1H3. The largest absolute Gasteiger partial charge is 0.460 e. The van der Waals surface area contributed by atoms with E-state index in [2.05, 4.69) is 109 Å². The predicted molar refractivity (Wildman–Crippen MR) is 119 cm³/mol. The lowest BCUT2D eigenvalue weighted by atomic mass is 10.2. The van der Waals surface area contributed by atoms with E-state index in [9.17, 15) is 0 Å². The van der Waals surface area contributed by atoms with E-state index in [1.807, 2.05) is 12.1 Å². The fraction of sp³-hybridized carbons (Fsp3) is 0.200. The fourth-order valence-electron chi connectivity index (χ4n) is 1.85. The molecule has 0 bridgehead atoms. The SMILES string of the molecule is Cc1cc(I)c(Oc2cc(I)c(OC3CO3)c(I)c2)c(I)c1. The van der Waals surface area contributed by atoms with Crippen molar-refractivity contribution in [2.45, 2.75) is 13.2 Å². The van der Waals surface area contributed by atoms with Gasteiger partial charge in [0.25, 0.3) is 0 Å². The lowest BCUT2D eigenvalue weighted by Gasteiger charge is -2.14. The van der Waals surface area contributed by atoms with E-state index in [0.29, 0.717) is 6.61 Å². The summed E-state index contributed by atoms with van der Waals surface area (Å²) in [6, 6.07) is 8.23. The second-order valence-electron chi connectivity index (χ2n) is 4.76. The van der Waals surface area contributed by atoms with Gasteiger partial charge in [0.05, 0.1) is 14.3 Å². The van der Waals surface area contributed by atoms with E-state index in [-0.39, 0.29) is 6.29 Å². The van der Waals surface area contributed by atoms with Gasteiger partial charge in [0.1, 0.15) is 18.1 Å². The minimum atomic E-state index is -0.0900. The van der Waals surface area contributed by atoms with E-state index >= 15 is 0 Å². The number of ether oxygens (including phenoxy) is 3. The third kappa shape index (κ3) is 4.30. The molecule has 116 valence electrons. The van der Waals surface area contributed by atoms with Crippen molar-refractivity contribution in [2.24, 2.45) is 0 Å². The molecule has 7 heteroatoms. The lowest BCUT2D eigenvalue weighted by molar-refractivity contribution is 0.177. The first-order chi connectivity index (χ1) is 10.4. The molecule has 2 aromatic rings. The van der Waals surface area contributed by atoms with Gasteiger partial charge in [0.2, 0.25) is 6.29 Å². The molecule has 3 nitrogen and oxygen atoms in total. The first kappa shape index (κ1) is 17.7. The summed E-state index contributed by atoms with van der Waals surface area (Å²) in [6.45, 7) is 2.76. The molecule has 0 aromatic heterocycles. The van der Waals surface area contributed by atoms with Gasteiger partial charge in [-0.05, 0) is 127 Å². The van der Waals surface area contributed by atoms with Crippen LogP contribution in [0.15, 0.2) is 24.3 Å². The molecule has 0 radical (unpaired) electrons. The maximum absolute atomic E-state index is 6.12. The molecule has 1 fully saturated rings. The highest BCUT2D eigenvalue weighted by molar-refractivity contribution is 14.1. The Morgan fingerprint density at radius 1 is 0.909 bits per heavy atom. The monoisotopic (exact) mass is 746 g/mol. The van der Waals surface area contributed by atoms with E-state index in [1.54, 1.807) is 0 Å². The highest BCUT2D eigenvalue weighted by atomic mass is 127. The van der Waals surface area contributed by atoms with Crippen LogP contribution in [0, 0.1) is 21.2 Å². The second kappa shape index (κ2) is 7.44. The van der Waals surface area contributed by atoms with Crippen LogP contribution in [0.25, 0.3) is 0 Å². The smallest absolute Gasteiger partial charge is 0.224 e. The third-order valence-electron chi connectivity index (χ3n) is 2.89. The Morgan fingerprint density at radius 2 is 1.41 bits per heavy atom. The average molecular weight is 746 g/mol. The first-order valence-electron chi connectivity index (χ1n) is 6.35. The molecule has 1 aliphatic rings. The van der Waals surface area contributed by atoms with Crippen LogP contribution in [0.1, 0.15) is 5.56 Å². The van der Waals surface area contributed by atoms with Crippen LogP contribution in [0.2, 0.25) is 0 Å². The predicted octanol–water partition coefficient (Wildman–Crippen LogP) is 5.94. The van der Waals surface area contributed by atoms with Gasteiger partial charge in [-0.25, -0.2) is 0 Å². The van der Waals surface area contributed by atoms with Crippen LogP contribution in [-0.4, -0.2) is 12.9 Å². The molecule has 0 spiro atoms. The molecule has 1 saturated heterocycles. The highest BCUT2D eigenvalue weighted by Gasteiger charge is 2.27. The summed E-state index contributed by atoms with van der Waals surface area (Å²) >= 11 is 9.16. The fourth-order valence-corrected chi connectivity index (χ4v) is 6.11. The Morgan fingerprint density at radius 3 is 1.91 bits per heavy atom. The number of halogens is 4. The number of hydrogen-bond acceptors (Lipinski definition) is 3. The number of epoxide rings is 1. The Balaban J connectivity index is 1.90. The Hall–Kier alpha value is 0.920. The van der Waals surface area contributed by atoms with Crippen LogP contribution in [0.4, 0.5) is 0 Å². The Bertz CT molecular complexity index is 683. The molecular formula is C15H10I4O3. The summed E-state index contributed by atoms with van der Waals surface area (Å²) < 4.78 is 21.3. The third-order valence-corrected chi connectivity index (χ3v) is 6.09. The van der Waals surface area contributed by atoms with E-state index < -0.39 is 0 Å². The van der Waals surface area contributed by atoms with Gasteiger partial charge in [-0.1, -0.05) is 0 Å². The van der Waals surface area contributed by atoms with Gasteiger partial charge in [0, 0.05) is 0 Å². The Labute approximate surface area is 183 Å². The molecule has 0 amide bonds. The zero-order valence-electron chi connectivity index (χ0n) is 11.3. The van der Waals surface area contributed by atoms with Crippen LogP contribution < -0.4 is 9.47 Å². The molecule has 1 heterocycles. The summed E-state index contributed by atoms with van der Waals surface area (Å²) in [4.78, 5) is 0. The van der Waals surface area contributed by atoms with Gasteiger partial charge in [-0.2, -0.15) is 0 Å². The molecular weight excluding hydrogens is 736 g/mol. The van der Waals surface area contributed by atoms with Crippen molar-refractivity contribution in [3.63, 3.8) is 0 Å². The molecule has 3 rings (SSSR count). The van der Waals surface area contributed by atoms with Crippen molar-refractivity contribution in [2.75, 3.05) is 6.61 Å². The van der Waals surface area contributed by atoms with Crippen molar-refractivity contribution in [1.82, 2.24) is 0 Å². The lowest BCUT2D eigenvalue weighted by Crippen LogP contribution is -2.02. The first-order valence-corrected chi connectivity index (χ1v) is 10.7. The second-order valence-corrected chi connectivity index (χ2v) is 9.41. The van der Waals surface area contributed by atoms with Gasteiger partial charge < -0.3 is 14.2 Å². The zero-order valence-corrected chi connectivity index (χ0v) is 20.0. The van der Waals surface area contributed by atoms with Gasteiger partial charge >= 0.3 is 0 Å². The zero-order chi connectivity index (χ0) is 15.9. The quantitative estimate of drug-likeness (QED) is 0.287. The molecule has 22 heavy (non-hydrogen) atoms. The highest BCUT2D eigenvalue weighted by Crippen LogP contribution is 2.38. The summed E-state index contributed by atoms with van der Waals surface area (Å²) in [7, 11) is 0. The number of rotatable bonds is 4. The topological polar surface area (TPSA) is 31.0 Å². The molecule has 1 unspecified atom stereocenters. The molecule has 0 N–H and O–H groups in total. The van der Waals surface area contributed by atoms with Crippen LogP contribution >= 0.6 is 90.4 Å². The van der Waals surface area contributed by atoms with E-state index in [1.165, 1.54) is 5.56 Å². The van der Waals surface area contributed by atoms with Crippen molar-refractivity contribution < 1.29 is 14.2 Å². The molecule has 2 aromatic carbocycles. The molecule has 1 atom stereocenters. The molecule has 1 aliphatic heterocycles. The average Bonchev–Trinajstić information content (AvgIpc) is 3.22. The van der Waals surface area contributed by atoms with Gasteiger partial charge in [-0.15, -0.1) is 0 Å². The minimum Gasteiger partial charge on any atom is -0.460 e. The Kier molecular flexibility index (Phi) is 5.99. The van der Waals surface area contributed by atoms with Crippen molar-refractivity contribution in [3.8, 4) is 17.2 Å². The van der Waals surface area contributed by atoms with Crippen molar-refractivity contribution >= 4 is 90.4 Å². The van der Waals surface area contributed by atoms with E-state index in [0.717, 1.165) is 31.5 Å². The van der Waals surface area contributed by atoms with Gasteiger partial charge in [0.15, 0.2) is 5.75 Å². The number of hydrogen-bond donors (Lipinski definition) is 0.